The lowest BCUT2D eigenvalue weighted by molar-refractivity contribution is 0.400. The molecule has 0 bridgehead atoms. The highest BCUT2D eigenvalue weighted by Gasteiger charge is 2.24. The molecule has 1 saturated heterocycles. The van der Waals surface area contributed by atoms with E-state index < -0.39 is 0 Å². The van der Waals surface area contributed by atoms with Crippen molar-refractivity contribution in [1.82, 2.24) is 9.78 Å². The van der Waals surface area contributed by atoms with Crippen LogP contribution in [0.1, 0.15) is 13.3 Å². The number of anilines is 1. The molecule has 2 N–H and O–H groups in total. The smallest absolute Gasteiger partial charge is 0.282 e. The second kappa shape index (κ2) is 4.78. The van der Waals surface area contributed by atoms with E-state index in [1.807, 2.05) is 0 Å². The molecule has 0 radical (unpaired) electrons. The van der Waals surface area contributed by atoms with Crippen molar-refractivity contribution in [2.24, 2.45) is 18.7 Å². The molecule has 17 heavy (non-hydrogen) atoms. The lowest BCUT2D eigenvalue weighted by Crippen LogP contribution is -2.47. The van der Waals surface area contributed by atoms with Gasteiger partial charge in [0.1, 0.15) is 4.47 Å². The molecular formula is C11H17BrN4O. The molecular weight excluding hydrogens is 284 g/mol. The Morgan fingerprint density at radius 1 is 1.53 bits per heavy atom. The second-order valence-corrected chi connectivity index (χ2v) is 5.57. The molecule has 2 atom stereocenters. The Bertz CT molecular complexity index is 463. The van der Waals surface area contributed by atoms with E-state index in [2.05, 4.69) is 32.9 Å². The van der Waals surface area contributed by atoms with E-state index in [0.717, 1.165) is 25.2 Å². The SMILES string of the molecule is CC1CC(N)CN(c2cnn(C)c(=O)c2Br)C1. The van der Waals surface area contributed by atoms with Gasteiger partial charge in [-0.1, -0.05) is 6.92 Å². The highest BCUT2D eigenvalue weighted by atomic mass is 79.9. The summed E-state index contributed by atoms with van der Waals surface area (Å²) in [6.45, 7) is 3.87. The molecule has 0 amide bonds. The van der Waals surface area contributed by atoms with E-state index >= 15 is 0 Å². The number of nitrogens with two attached hydrogens (primary N) is 1. The maximum Gasteiger partial charge on any atom is 0.282 e. The summed E-state index contributed by atoms with van der Waals surface area (Å²) in [7, 11) is 1.64. The van der Waals surface area contributed by atoms with E-state index in [0.29, 0.717) is 10.4 Å². The topological polar surface area (TPSA) is 64.2 Å². The van der Waals surface area contributed by atoms with Crippen LogP contribution in [0.15, 0.2) is 15.5 Å². The molecule has 5 nitrogen and oxygen atoms in total. The van der Waals surface area contributed by atoms with Crippen molar-refractivity contribution in [3.63, 3.8) is 0 Å². The minimum Gasteiger partial charge on any atom is -0.367 e. The van der Waals surface area contributed by atoms with Crippen LogP contribution in [0.2, 0.25) is 0 Å². The van der Waals surface area contributed by atoms with Crippen molar-refractivity contribution in [2.75, 3.05) is 18.0 Å². The van der Waals surface area contributed by atoms with Gasteiger partial charge in [-0.15, -0.1) is 0 Å². The van der Waals surface area contributed by atoms with Crippen LogP contribution < -0.4 is 16.2 Å². The molecule has 1 fully saturated rings. The third-order valence-electron chi connectivity index (χ3n) is 3.09. The first-order chi connectivity index (χ1) is 7.99. The fraction of sp³-hybridized carbons (Fsp3) is 0.636. The Labute approximate surface area is 109 Å². The third-order valence-corrected chi connectivity index (χ3v) is 3.84. The molecule has 0 aliphatic carbocycles. The Hall–Kier alpha value is -0.880. The average molecular weight is 301 g/mol. The second-order valence-electron chi connectivity index (χ2n) is 4.78. The number of nitrogens with zero attached hydrogens (tertiary/aromatic N) is 3. The Morgan fingerprint density at radius 2 is 2.24 bits per heavy atom. The average Bonchev–Trinajstić information content (AvgIpc) is 2.24. The Kier molecular flexibility index (Phi) is 3.53. The Balaban J connectivity index is 2.34. The molecule has 1 aliphatic heterocycles. The number of hydrogen-bond acceptors (Lipinski definition) is 4. The van der Waals surface area contributed by atoms with Crippen LogP contribution in [0.5, 0.6) is 0 Å². The quantitative estimate of drug-likeness (QED) is 0.830. The minimum absolute atomic E-state index is 0.116. The minimum atomic E-state index is -0.116. The maximum atomic E-state index is 11.8. The van der Waals surface area contributed by atoms with E-state index in [1.165, 1.54) is 4.68 Å². The van der Waals surface area contributed by atoms with Crippen molar-refractivity contribution in [1.29, 1.82) is 0 Å². The highest BCUT2D eigenvalue weighted by Crippen LogP contribution is 2.26. The van der Waals surface area contributed by atoms with Crippen LogP contribution in [-0.2, 0) is 7.05 Å². The summed E-state index contributed by atoms with van der Waals surface area (Å²) in [5.41, 5.74) is 6.74. The number of piperidine rings is 1. The van der Waals surface area contributed by atoms with Crippen molar-refractivity contribution in [2.45, 2.75) is 19.4 Å². The van der Waals surface area contributed by atoms with Gasteiger partial charge in [0.2, 0.25) is 0 Å². The lowest BCUT2D eigenvalue weighted by Gasteiger charge is -2.36. The van der Waals surface area contributed by atoms with Crippen LogP contribution >= 0.6 is 15.9 Å². The molecule has 1 aromatic heterocycles. The summed E-state index contributed by atoms with van der Waals surface area (Å²) >= 11 is 3.35. The summed E-state index contributed by atoms with van der Waals surface area (Å²) in [5.74, 6) is 0.537. The zero-order chi connectivity index (χ0) is 12.6. The number of halogens is 1. The summed E-state index contributed by atoms with van der Waals surface area (Å²) in [4.78, 5) is 13.9. The molecule has 1 aromatic rings. The van der Waals surface area contributed by atoms with Gasteiger partial charge in [-0.3, -0.25) is 4.79 Å². The molecule has 94 valence electrons. The molecule has 6 heteroatoms. The maximum absolute atomic E-state index is 11.8. The predicted octanol–water partition coefficient (Wildman–Crippen LogP) is 0.716. The van der Waals surface area contributed by atoms with Crippen molar-refractivity contribution >= 4 is 21.6 Å². The fourth-order valence-electron chi connectivity index (χ4n) is 2.32. The fourth-order valence-corrected chi connectivity index (χ4v) is 2.93. The largest absolute Gasteiger partial charge is 0.367 e. The van der Waals surface area contributed by atoms with Crippen LogP contribution in [0.25, 0.3) is 0 Å². The van der Waals surface area contributed by atoms with Crippen molar-refractivity contribution < 1.29 is 0 Å². The molecule has 1 aliphatic rings. The van der Waals surface area contributed by atoms with Crippen LogP contribution in [0.3, 0.4) is 0 Å². The number of aryl methyl sites for hydroxylation is 1. The van der Waals surface area contributed by atoms with Gasteiger partial charge < -0.3 is 10.6 Å². The normalized spacial score (nSPS) is 25.1. The van der Waals surface area contributed by atoms with Gasteiger partial charge in [-0.2, -0.15) is 5.10 Å². The van der Waals surface area contributed by atoms with Crippen LogP contribution in [0.4, 0.5) is 5.69 Å². The summed E-state index contributed by atoms with van der Waals surface area (Å²) in [5, 5.41) is 4.06. The predicted molar refractivity (Wildman–Crippen MR) is 71.1 cm³/mol. The van der Waals surface area contributed by atoms with E-state index in [1.54, 1.807) is 13.2 Å². The first kappa shape index (κ1) is 12.6. The lowest BCUT2D eigenvalue weighted by atomic mass is 9.96. The van der Waals surface area contributed by atoms with Gasteiger partial charge >= 0.3 is 0 Å². The van der Waals surface area contributed by atoms with Gasteiger partial charge in [0.05, 0.1) is 11.9 Å². The van der Waals surface area contributed by atoms with Crippen LogP contribution in [-0.4, -0.2) is 28.9 Å². The monoisotopic (exact) mass is 300 g/mol. The van der Waals surface area contributed by atoms with Crippen LogP contribution in [0, 0.1) is 5.92 Å². The van der Waals surface area contributed by atoms with Gasteiger partial charge in [0.25, 0.3) is 5.56 Å². The molecule has 0 saturated carbocycles. The van der Waals surface area contributed by atoms with Gasteiger partial charge in [-0.05, 0) is 28.3 Å². The number of aromatic nitrogens is 2. The first-order valence-electron chi connectivity index (χ1n) is 5.71. The van der Waals surface area contributed by atoms with E-state index in [9.17, 15) is 4.79 Å². The molecule has 2 heterocycles. The van der Waals surface area contributed by atoms with Gasteiger partial charge in [-0.25, -0.2) is 4.68 Å². The zero-order valence-electron chi connectivity index (χ0n) is 10.1. The molecule has 0 aromatic carbocycles. The first-order valence-corrected chi connectivity index (χ1v) is 6.50. The molecule has 2 unspecified atom stereocenters. The van der Waals surface area contributed by atoms with Gasteiger partial charge in [0.15, 0.2) is 0 Å². The highest BCUT2D eigenvalue weighted by molar-refractivity contribution is 9.10. The summed E-state index contributed by atoms with van der Waals surface area (Å²) in [6, 6.07) is 0.162. The number of rotatable bonds is 1. The van der Waals surface area contributed by atoms with E-state index in [-0.39, 0.29) is 11.6 Å². The molecule has 0 spiro atoms. The standard InChI is InChI=1S/C11H17BrN4O/c1-7-3-8(13)6-16(5-7)9-4-14-15(2)11(17)10(9)12/h4,7-8H,3,5-6,13H2,1-2H3. The Morgan fingerprint density at radius 3 is 2.88 bits per heavy atom. The van der Waals surface area contributed by atoms with Crippen molar-refractivity contribution in [3.05, 3.63) is 21.0 Å². The van der Waals surface area contributed by atoms with Gasteiger partial charge in [0, 0.05) is 26.2 Å². The third kappa shape index (κ3) is 2.52. The summed E-state index contributed by atoms with van der Waals surface area (Å²) < 4.78 is 1.89. The zero-order valence-corrected chi connectivity index (χ0v) is 11.6. The van der Waals surface area contributed by atoms with Crippen molar-refractivity contribution in [3.8, 4) is 0 Å². The number of hydrogen-bond donors (Lipinski definition) is 1. The molecule has 2 rings (SSSR count). The van der Waals surface area contributed by atoms with E-state index in [4.69, 9.17) is 5.73 Å². The summed E-state index contributed by atoms with van der Waals surface area (Å²) in [6.07, 6.45) is 2.75.